The number of likely N-dealkylation sites (tertiary alicyclic amines) is 1. The molecule has 1 amide bonds. The van der Waals surface area contributed by atoms with E-state index in [1.165, 1.54) is 4.90 Å². The number of aliphatic hydroxyl groups excluding tert-OH is 1. The lowest BCUT2D eigenvalue weighted by Crippen LogP contribution is -2.55. The molecule has 15 heavy (non-hydrogen) atoms. The Balaban J connectivity index is 2.22. The van der Waals surface area contributed by atoms with Crippen LogP contribution in [0.2, 0.25) is 0 Å². The number of aliphatic hydroxyl groups is 1. The van der Waals surface area contributed by atoms with Crippen molar-refractivity contribution in [1.82, 2.24) is 4.90 Å². The molecule has 1 fully saturated rings. The highest BCUT2D eigenvalue weighted by molar-refractivity contribution is 9.10. The molecule has 0 aromatic heterocycles. The Labute approximate surface area is 95.3 Å². The number of amides is 1. The van der Waals surface area contributed by atoms with Crippen LogP contribution in [0, 0.1) is 0 Å². The van der Waals surface area contributed by atoms with E-state index >= 15 is 0 Å². The van der Waals surface area contributed by atoms with E-state index in [1.807, 2.05) is 24.3 Å². The van der Waals surface area contributed by atoms with Crippen LogP contribution in [0.15, 0.2) is 28.7 Å². The second kappa shape index (κ2) is 3.83. The Hall–Kier alpha value is -1.07. The number of carbonyl (C=O) groups is 1. The molecule has 0 radical (unpaired) electrons. The minimum absolute atomic E-state index is 0.191. The Kier molecular flexibility index (Phi) is 2.67. The van der Waals surface area contributed by atoms with Gasteiger partial charge in [-0.25, -0.2) is 4.79 Å². The maximum atomic E-state index is 10.8. The van der Waals surface area contributed by atoms with Crippen LogP contribution in [-0.4, -0.2) is 33.9 Å². The average Bonchev–Trinajstić information content (AvgIpc) is 2.17. The van der Waals surface area contributed by atoms with Crippen LogP contribution in [0.1, 0.15) is 11.6 Å². The molecule has 1 heterocycles. The molecule has 1 aliphatic rings. The molecule has 1 saturated heterocycles. The number of benzene rings is 1. The molecule has 2 N–H and O–H groups in total. The topological polar surface area (TPSA) is 60.8 Å². The van der Waals surface area contributed by atoms with Crippen LogP contribution < -0.4 is 0 Å². The van der Waals surface area contributed by atoms with Gasteiger partial charge in [-0.1, -0.05) is 28.1 Å². The number of halogens is 1. The van der Waals surface area contributed by atoms with Crippen LogP contribution in [0.5, 0.6) is 0 Å². The molecule has 0 bridgehead atoms. The molecule has 2 atom stereocenters. The first-order chi connectivity index (χ1) is 7.09. The Morgan fingerprint density at radius 1 is 1.40 bits per heavy atom. The third-order valence-electron chi connectivity index (χ3n) is 2.54. The van der Waals surface area contributed by atoms with Gasteiger partial charge in [0.2, 0.25) is 0 Å². The molecule has 1 aromatic rings. The predicted molar refractivity (Wildman–Crippen MR) is 57.6 cm³/mol. The second-order valence-corrected chi connectivity index (χ2v) is 4.41. The van der Waals surface area contributed by atoms with Gasteiger partial charge in [-0.3, -0.25) is 4.90 Å². The fourth-order valence-corrected chi connectivity index (χ4v) is 2.01. The van der Waals surface area contributed by atoms with Crippen molar-refractivity contribution in [3.63, 3.8) is 0 Å². The number of hydrogen-bond acceptors (Lipinski definition) is 2. The SMILES string of the molecule is O=C(O)N1CC(O)C1c1ccc(Br)cc1. The largest absolute Gasteiger partial charge is 0.465 e. The molecule has 0 saturated carbocycles. The van der Waals surface area contributed by atoms with Crippen molar-refractivity contribution in [2.75, 3.05) is 6.54 Å². The zero-order valence-corrected chi connectivity index (χ0v) is 9.39. The van der Waals surface area contributed by atoms with Gasteiger partial charge in [0, 0.05) is 4.47 Å². The summed E-state index contributed by atoms with van der Waals surface area (Å²) in [5.74, 6) is 0. The van der Waals surface area contributed by atoms with E-state index in [2.05, 4.69) is 15.9 Å². The third-order valence-corrected chi connectivity index (χ3v) is 3.07. The molecular formula is C10H10BrNO3. The van der Waals surface area contributed by atoms with Gasteiger partial charge >= 0.3 is 6.09 Å². The normalized spacial score (nSPS) is 24.8. The fraction of sp³-hybridized carbons (Fsp3) is 0.300. The van der Waals surface area contributed by atoms with E-state index in [0.29, 0.717) is 0 Å². The number of β-amino-alcohol motifs (C(OH)–C–C–N with tert-alkyl or cyclic N) is 1. The van der Waals surface area contributed by atoms with Gasteiger partial charge in [0.1, 0.15) is 0 Å². The number of nitrogens with zero attached hydrogens (tertiary/aromatic N) is 1. The number of hydrogen-bond donors (Lipinski definition) is 2. The van der Waals surface area contributed by atoms with Crippen LogP contribution in [-0.2, 0) is 0 Å². The molecule has 2 unspecified atom stereocenters. The minimum Gasteiger partial charge on any atom is -0.465 e. The van der Waals surface area contributed by atoms with Crippen molar-refractivity contribution in [3.05, 3.63) is 34.3 Å². The zero-order chi connectivity index (χ0) is 11.0. The first-order valence-corrected chi connectivity index (χ1v) is 5.32. The van der Waals surface area contributed by atoms with Gasteiger partial charge in [-0.2, -0.15) is 0 Å². The van der Waals surface area contributed by atoms with Crippen molar-refractivity contribution in [3.8, 4) is 0 Å². The Morgan fingerprint density at radius 3 is 2.47 bits per heavy atom. The van der Waals surface area contributed by atoms with Crippen molar-refractivity contribution in [1.29, 1.82) is 0 Å². The van der Waals surface area contributed by atoms with Gasteiger partial charge in [0.15, 0.2) is 0 Å². The van der Waals surface area contributed by atoms with E-state index in [4.69, 9.17) is 5.11 Å². The predicted octanol–water partition coefficient (Wildman–Crippen LogP) is 1.84. The standard InChI is InChI=1S/C10H10BrNO3/c11-7-3-1-6(2-4-7)9-8(13)5-12(9)10(14)15/h1-4,8-9,13H,5H2,(H,14,15). The highest BCUT2D eigenvalue weighted by Crippen LogP contribution is 2.33. The van der Waals surface area contributed by atoms with Crippen molar-refractivity contribution < 1.29 is 15.0 Å². The highest BCUT2D eigenvalue weighted by atomic mass is 79.9. The summed E-state index contributed by atoms with van der Waals surface area (Å²) in [7, 11) is 0. The van der Waals surface area contributed by atoms with E-state index in [9.17, 15) is 9.90 Å². The van der Waals surface area contributed by atoms with E-state index in [1.54, 1.807) is 0 Å². The molecule has 1 aliphatic heterocycles. The summed E-state index contributed by atoms with van der Waals surface area (Å²) in [5.41, 5.74) is 0.819. The number of rotatable bonds is 1. The lowest BCUT2D eigenvalue weighted by atomic mass is 9.92. The summed E-state index contributed by atoms with van der Waals surface area (Å²) in [6, 6.07) is 6.87. The summed E-state index contributed by atoms with van der Waals surface area (Å²) in [4.78, 5) is 12.0. The maximum Gasteiger partial charge on any atom is 0.407 e. The average molecular weight is 272 g/mol. The van der Waals surface area contributed by atoms with Crippen LogP contribution in [0.25, 0.3) is 0 Å². The quantitative estimate of drug-likeness (QED) is 0.820. The van der Waals surface area contributed by atoms with Gasteiger partial charge in [0.25, 0.3) is 0 Å². The summed E-state index contributed by atoms with van der Waals surface area (Å²) in [5, 5.41) is 18.4. The minimum atomic E-state index is -0.992. The lowest BCUT2D eigenvalue weighted by molar-refractivity contribution is -0.0480. The van der Waals surface area contributed by atoms with E-state index < -0.39 is 18.2 Å². The number of carboxylic acid groups (broad SMARTS) is 1. The monoisotopic (exact) mass is 271 g/mol. The molecule has 4 nitrogen and oxygen atoms in total. The molecule has 0 spiro atoms. The Bertz CT molecular complexity index is 379. The van der Waals surface area contributed by atoms with E-state index in [-0.39, 0.29) is 6.54 Å². The van der Waals surface area contributed by atoms with Crippen molar-refractivity contribution in [2.24, 2.45) is 0 Å². The molecule has 0 aliphatic carbocycles. The summed E-state index contributed by atoms with van der Waals surface area (Å²) in [6.45, 7) is 0.191. The third kappa shape index (κ3) is 1.85. The lowest BCUT2D eigenvalue weighted by Gasteiger charge is -2.43. The Morgan fingerprint density at radius 2 is 2.00 bits per heavy atom. The van der Waals surface area contributed by atoms with Crippen molar-refractivity contribution in [2.45, 2.75) is 12.1 Å². The van der Waals surface area contributed by atoms with Crippen molar-refractivity contribution >= 4 is 22.0 Å². The fourth-order valence-electron chi connectivity index (χ4n) is 1.74. The summed E-state index contributed by atoms with van der Waals surface area (Å²) < 4.78 is 0.932. The molecular weight excluding hydrogens is 262 g/mol. The van der Waals surface area contributed by atoms with Gasteiger partial charge in [0.05, 0.1) is 18.7 Å². The molecule has 5 heteroatoms. The molecule has 80 valence electrons. The van der Waals surface area contributed by atoms with Crippen LogP contribution in [0.4, 0.5) is 4.79 Å². The zero-order valence-electron chi connectivity index (χ0n) is 7.80. The maximum absolute atomic E-state index is 10.8. The van der Waals surface area contributed by atoms with Crippen LogP contribution in [0.3, 0.4) is 0 Å². The van der Waals surface area contributed by atoms with Gasteiger partial charge < -0.3 is 10.2 Å². The smallest absolute Gasteiger partial charge is 0.407 e. The molecule has 1 aromatic carbocycles. The van der Waals surface area contributed by atoms with E-state index in [0.717, 1.165) is 10.0 Å². The molecule has 2 rings (SSSR count). The first kappa shape index (κ1) is 10.4. The van der Waals surface area contributed by atoms with Crippen LogP contribution >= 0.6 is 15.9 Å². The van der Waals surface area contributed by atoms with Gasteiger partial charge in [-0.05, 0) is 17.7 Å². The van der Waals surface area contributed by atoms with Gasteiger partial charge in [-0.15, -0.1) is 0 Å². The highest BCUT2D eigenvalue weighted by Gasteiger charge is 2.41. The first-order valence-electron chi connectivity index (χ1n) is 4.52. The second-order valence-electron chi connectivity index (χ2n) is 3.50. The summed E-state index contributed by atoms with van der Waals surface area (Å²) in [6.07, 6.45) is -1.59. The summed E-state index contributed by atoms with van der Waals surface area (Å²) >= 11 is 3.30.